The highest BCUT2D eigenvalue weighted by atomic mass is 16.4. The molecule has 8 heteroatoms. The van der Waals surface area contributed by atoms with E-state index in [1.54, 1.807) is 13.1 Å². The van der Waals surface area contributed by atoms with E-state index in [1.807, 2.05) is 12.1 Å². The van der Waals surface area contributed by atoms with E-state index in [0.717, 1.165) is 31.6 Å². The van der Waals surface area contributed by atoms with E-state index < -0.39 is 23.7 Å². The molecule has 2 aromatic rings. The van der Waals surface area contributed by atoms with Crippen LogP contribution in [0.15, 0.2) is 23.0 Å². The molecule has 1 fully saturated rings. The predicted octanol–water partition coefficient (Wildman–Crippen LogP) is 2.07. The van der Waals surface area contributed by atoms with Gasteiger partial charge in [-0.15, -0.1) is 0 Å². The molecule has 1 aromatic heterocycles. The lowest BCUT2D eigenvalue weighted by Gasteiger charge is -2.19. The van der Waals surface area contributed by atoms with Crippen LogP contribution in [0.25, 0.3) is 11.0 Å². The van der Waals surface area contributed by atoms with Crippen LogP contribution in [-0.4, -0.2) is 44.4 Å². The fraction of sp³-hybridized carbons (Fsp3) is 0.526. The predicted molar refractivity (Wildman–Crippen MR) is 101 cm³/mol. The summed E-state index contributed by atoms with van der Waals surface area (Å²) >= 11 is 0. The van der Waals surface area contributed by atoms with Crippen molar-refractivity contribution >= 4 is 28.7 Å². The molecular weight excluding hydrogens is 350 g/mol. The van der Waals surface area contributed by atoms with Gasteiger partial charge in [0.1, 0.15) is 6.04 Å². The fourth-order valence-corrected chi connectivity index (χ4v) is 3.87. The summed E-state index contributed by atoms with van der Waals surface area (Å²) in [4.78, 5) is 37.6. The Bertz CT molecular complexity index is 929. The summed E-state index contributed by atoms with van der Waals surface area (Å²) < 4.78 is 2.63. The smallest absolute Gasteiger partial charge is 0.329 e. The van der Waals surface area contributed by atoms with E-state index in [4.69, 9.17) is 5.11 Å². The minimum atomic E-state index is -1.21. The molecule has 0 radical (unpaired) electrons. The third-order valence-electron chi connectivity index (χ3n) is 5.53. The Morgan fingerprint density at radius 3 is 2.59 bits per heavy atom. The molecule has 3 rings (SSSR count). The minimum absolute atomic E-state index is 0.143. The topological polar surface area (TPSA) is 105 Å². The molecule has 146 valence electrons. The van der Waals surface area contributed by atoms with Gasteiger partial charge in [0.05, 0.1) is 11.0 Å². The van der Waals surface area contributed by atoms with Gasteiger partial charge >= 0.3 is 17.6 Å². The number of imidazole rings is 1. The highest BCUT2D eigenvalue weighted by Gasteiger charge is 2.27. The van der Waals surface area contributed by atoms with Gasteiger partial charge in [0, 0.05) is 32.2 Å². The monoisotopic (exact) mass is 375 g/mol. The first-order valence-corrected chi connectivity index (χ1v) is 9.24. The third-order valence-corrected chi connectivity index (χ3v) is 5.53. The number of benzene rings is 1. The van der Waals surface area contributed by atoms with Gasteiger partial charge in [0.15, 0.2) is 0 Å². The first kappa shape index (κ1) is 19.0. The van der Waals surface area contributed by atoms with E-state index in [2.05, 4.69) is 11.8 Å². The van der Waals surface area contributed by atoms with E-state index in [1.165, 1.54) is 9.13 Å². The molecule has 1 aliphatic rings. The molecule has 0 aliphatic carbocycles. The van der Waals surface area contributed by atoms with Gasteiger partial charge in [0.25, 0.3) is 0 Å². The van der Waals surface area contributed by atoms with Crippen LogP contribution < -0.4 is 10.6 Å². The van der Waals surface area contributed by atoms with Crippen molar-refractivity contribution in [1.29, 1.82) is 0 Å². The Labute approximate surface area is 156 Å². The van der Waals surface area contributed by atoms with Crippen LogP contribution in [0.5, 0.6) is 0 Å². The quantitative estimate of drug-likeness (QED) is 0.768. The van der Waals surface area contributed by atoms with Gasteiger partial charge in [-0.3, -0.25) is 13.9 Å². The second kappa shape index (κ2) is 7.46. The molecule has 8 nitrogen and oxygen atoms in total. The van der Waals surface area contributed by atoms with Crippen molar-refractivity contribution in [2.24, 2.45) is 13.0 Å². The largest absolute Gasteiger partial charge is 0.481 e. The molecule has 27 heavy (non-hydrogen) atoms. The molecule has 2 atom stereocenters. The average molecular weight is 375 g/mol. The van der Waals surface area contributed by atoms with Crippen LogP contribution in [0, 0.1) is 5.92 Å². The number of aromatic nitrogens is 2. The van der Waals surface area contributed by atoms with Crippen molar-refractivity contribution in [1.82, 2.24) is 9.13 Å². The standard InChI is InChI=1S/C19H25N3O5/c1-3-12-8-9-21(11-12)13-4-5-14-16(10-13)20(2)19(27)22(14)15(18(25)26)6-7-17(23)24/h4-5,10,12,15H,3,6-9,11H2,1-2H3,(H,23,24)(H,25,26)/t12-,15?/m1/s1. The van der Waals surface area contributed by atoms with Gasteiger partial charge in [-0.1, -0.05) is 13.3 Å². The zero-order valence-corrected chi connectivity index (χ0v) is 15.6. The summed E-state index contributed by atoms with van der Waals surface area (Å²) in [5.74, 6) is -1.63. The molecule has 2 heterocycles. The maximum absolute atomic E-state index is 12.7. The Balaban J connectivity index is 2.02. The maximum Gasteiger partial charge on any atom is 0.329 e. The molecule has 1 aliphatic heterocycles. The summed E-state index contributed by atoms with van der Waals surface area (Å²) in [7, 11) is 1.61. The van der Waals surface area contributed by atoms with Crippen LogP contribution >= 0.6 is 0 Å². The maximum atomic E-state index is 12.7. The Morgan fingerprint density at radius 2 is 2.00 bits per heavy atom. The third kappa shape index (κ3) is 3.56. The number of anilines is 1. The van der Waals surface area contributed by atoms with E-state index in [-0.39, 0.29) is 12.8 Å². The number of carboxylic acid groups (broad SMARTS) is 2. The minimum Gasteiger partial charge on any atom is -0.481 e. The van der Waals surface area contributed by atoms with Crippen molar-refractivity contribution in [3.05, 3.63) is 28.7 Å². The summed E-state index contributed by atoms with van der Waals surface area (Å²) in [6.07, 6.45) is 1.82. The number of rotatable bonds is 7. The number of aliphatic carboxylic acids is 2. The molecule has 0 spiro atoms. The second-order valence-corrected chi connectivity index (χ2v) is 7.18. The lowest BCUT2D eigenvalue weighted by Crippen LogP contribution is -2.31. The number of nitrogens with zero attached hydrogens (tertiary/aromatic N) is 3. The SMILES string of the molecule is CC[C@@H]1CCN(c2ccc3c(c2)n(C)c(=O)n3C(CCC(=O)O)C(=O)O)C1. The van der Waals surface area contributed by atoms with Crippen LogP contribution in [0.2, 0.25) is 0 Å². The van der Waals surface area contributed by atoms with Crippen LogP contribution in [-0.2, 0) is 16.6 Å². The van der Waals surface area contributed by atoms with Gasteiger partial charge in [-0.25, -0.2) is 9.59 Å². The molecule has 1 saturated heterocycles. The van der Waals surface area contributed by atoms with Gasteiger partial charge in [0.2, 0.25) is 0 Å². The van der Waals surface area contributed by atoms with Crippen molar-refractivity contribution in [2.75, 3.05) is 18.0 Å². The lowest BCUT2D eigenvalue weighted by atomic mass is 10.1. The zero-order chi connectivity index (χ0) is 19.7. The fourth-order valence-electron chi connectivity index (χ4n) is 3.87. The molecular formula is C19H25N3O5. The molecule has 0 amide bonds. The van der Waals surface area contributed by atoms with Gasteiger partial charge < -0.3 is 15.1 Å². The van der Waals surface area contributed by atoms with Gasteiger partial charge in [-0.05, 0) is 37.0 Å². The number of aryl methyl sites for hydroxylation is 1. The average Bonchev–Trinajstić information content (AvgIpc) is 3.20. The molecule has 1 aromatic carbocycles. The highest BCUT2D eigenvalue weighted by Crippen LogP contribution is 2.29. The lowest BCUT2D eigenvalue weighted by molar-refractivity contribution is -0.142. The number of carbonyl (C=O) groups is 2. The molecule has 0 saturated carbocycles. The molecule has 0 bridgehead atoms. The van der Waals surface area contributed by atoms with Crippen LogP contribution in [0.3, 0.4) is 0 Å². The van der Waals surface area contributed by atoms with Crippen LogP contribution in [0.1, 0.15) is 38.6 Å². The molecule has 1 unspecified atom stereocenters. The first-order valence-electron chi connectivity index (χ1n) is 9.24. The van der Waals surface area contributed by atoms with Crippen molar-refractivity contribution in [3.8, 4) is 0 Å². The normalized spacial score (nSPS) is 18.1. The van der Waals surface area contributed by atoms with E-state index in [9.17, 15) is 19.5 Å². The van der Waals surface area contributed by atoms with Crippen molar-refractivity contribution < 1.29 is 19.8 Å². The summed E-state index contributed by atoms with van der Waals surface area (Å²) in [6, 6.07) is 4.38. The number of hydrogen-bond donors (Lipinski definition) is 2. The van der Waals surface area contributed by atoms with Crippen molar-refractivity contribution in [2.45, 2.75) is 38.6 Å². The Morgan fingerprint density at radius 1 is 1.26 bits per heavy atom. The van der Waals surface area contributed by atoms with Crippen LogP contribution in [0.4, 0.5) is 5.69 Å². The second-order valence-electron chi connectivity index (χ2n) is 7.18. The van der Waals surface area contributed by atoms with E-state index >= 15 is 0 Å². The Kier molecular flexibility index (Phi) is 5.25. The summed E-state index contributed by atoms with van der Waals surface area (Å²) in [5, 5.41) is 18.4. The number of hydrogen-bond acceptors (Lipinski definition) is 4. The van der Waals surface area contributed by atoms with Gasteiger partial charge in [-0.2, -0.15) is 0 Å². The summed E-state index contributed by atoms with van der Waals surface area (Å²) in [6.45, 7) is 4.13. The highest BCUT2D eigenvalue weighted by molar-refractivity contribution is 5.83. The Hall–Kier alpha value is -2.77. The summed E-state index contributed by atoms with van der Waals surface area (Å²) in [5.41, 5.74) is 1.73. The number of fused-ring (bicyclic) bond motifs is 1. The first-order chi connectivity index (χ1) is 12.8. The van der Waals surface area contributed by atoms with E-state index in [0.29, 0.717) is 17.0 Å². The molecule has 2 N–H and O–H groups in total. The number of carboxylic acids is 2. The van der Waals surface area contributed by atoms with Crippen molar-refractivity contribution in [3.63, 3.8) is 0 Å². The zero-order valence-electron chi connectivity index (χ0n) is 15.6.